The number of hydrogen-bond donors (Lipinski definition) is 0. The fraction of sp³-hybridized carbons (Fsp3) is 0.118. The zero-order valence-electron chi connectivity index (χ0n) is 11.2. The van der Waals surface area contributed by atoms with E-state index in [1.807, 2.05) is 11.7 Å². The van der Waals surface area contributed by atoms with Gasteiger partial charge in [0, 0.05) is 34.5 Å². The topological polar surface area (TPSA) is 17.8 Å². The summed E-state index contributed by atoms with van der Waals surface area (Å²) in [6, 6.07) is 15.3. The summed E-state index contributed by atoms with van der Waals surface area (Å²) in [7, 11) is 0. The van der Waals surface area contributed by atoms with Crippen LogP contribution in [-0.2, 0) is 6.54 Å². The molecule has 0 aliphatic heterocycles. The molecule has 0 radical (unpaired) electrons. The Labute approximate surface area is 121 Å². The summed E-state index contributed by atoms with van der Waals surface area (Å²) in [5.41, 5.74) is 5.75. The number of nitrogens with zero attached hydrogens (tertiary/aromatic N) is 2. The molecule has 4 aromatic rings. The van der Waals surface area contributed by atoms with Gasteiger partial charge in [0.1, 0.15) is 0 Å². The minimum absolute atomic E-state index is 0.990. The van der Waals surface area contributed by atoms with E-state index in [0.29, 0.717) is 0 Å². The predicted octanol–water partition coefficient (Wildman–Crippen LogP) is 4.94. The van der Waals surface area contributed by atoms with Gasteiger partial charge in [0.2, 0.25) is 0 Å². The Bertz CT molecular complexity index is 888. The summed E-state index contributed by atoms with van der Waals surface area (Å²) < 4.78 is 2.38. The van der Waals surface area contributed by atoms with Crippen LogP contribution >= 0.6 is 11.3 Å². The molecule has 0 bridgehead atoms. The number of para-hydroxylation sites is 1. The summed E-state index contributed by atoms with van der Waals surface area (Å²) in [5, 5.41) is 2.66. The first-order valence-corrected chi connectivity index (χ1v) is 7.66. The summed E-state index contributed by atoms with van der Waals surface area (Å²) in [6.07, 6.45) is 1.94. The van der Waals surface area contributed by atoms with Crippen molar-refractivity contribution in [3.63, 3.8) is 0 Å². The molecule has 0 aliphatic carbocycles. The molecule has 4 rings (SSSR count). The van der Waals surface area contributed by atoms with Crippen LogP contribution in [0.2, 0.25) is 0 Å². The van der Waals surface area contributed by atoms with Crippen molar-refractivity contribution in [1.29, 1.82) is 0 Å². The maximum atomic E-state index is 4.18. The fourth-order valence-electron chi connectivity index (χ4n) is 2.91. The predicted molar refractivity (Wildman–Crippen MR) is 86.2 cm³/mol. The maximum absolute atomic E-state index is 4.18. The van der Waals surface area contributed by atoms with E-state index in [1.165, 1.54) is 32.2 Å². The third-order valence-corrected chi connectivity index (χ3v) is 4.63. The highest BCUT2D eigenvalue weighted by atomic mass is 32.1. The minimum atomic E-state index is 0.990. The Morgan fingerprint density at radius 2 is 1.90 bits per heavy atom. The highest BCUT2D eigenvalue weighted by Crippen LogP contribution is 2.33. The lowest BCUT2D eigenvalue weighted by Crippen LogP contribution is -1.92. The standard InChI is InChI=1S/C17H14N2S/c1-2-19-15-6-4-3-5-13(15)14-9-12(7-8-16(14)19)17-10-18-11-20-17/h3-11H,2H2,1H3. The molecule has 0 saturated heterocycles. The van der Waals surface area contributed by atoms with Crippen molar-refractivity contribution in [3.8, 4) is 10.4 Å². The summed E-state index contributed by atoms with van der Waals surface area (Å²) in [4.78, 5) is 5.40. The molecule has 0 saturated carbocycles. The quantitative estimate of drug-likeness (QED) is 0.508. The number of thiazole rings is 1. The second-order valence-electron chi connectivity index (χ2n) is 4.86. The van der Waals surface area contributed by atoms with Gasteiger partial charge < -0.3 is 4.57 Å². The van der Waals surface area contributed by atoms with Gasteiger partial charge >= 0.3 is 0 Å². The monoisotopic (exact) mass is 278 g/mol. The van der Waals surface area contributed by atoms with Crippen LogP contribution in [0, 0.1) is 0 Å². The molecule has 2 aromatic carbocycles. The molecule has 98 valence electrons. The van der Waals surface area contributed by atoms with E-state index in [4.69, 9.17) is 0 Å². The van der Waals surface area contributed by atoms with Gasteiger partial charge in [-0.25, -0.2) is 0 Å². The highest BCUT2D eigenvalue weighted by molar-refractivity contribution is 7.13. The third kappa shape index (κ3) is 1.60. The van der Waals surface area contributed by atoms with Crippen molar-refractivity contribution in [3.05, 3.63) is 54.2 Å². The number of fused-ring (bicyclic) bond motifs is 3. The summed E-state index contributed by atoms with van der Waals surface area (Å²) in [6.45, 7) is 3.19. The Kier molecular flexibility index (Phi) is 2.60. The number of benzene rings is 2. The SMILES string of the molecule is CCn1c2ccccc2c2cc(-c3cncs3)ccc21. The van der Waals surface area contributed by atoms with Crippen LogP contribution in [0.15, 0.2) is 54.2 Å². The number of aromatic nitrogens is 2. The minimum Gasteiger partial charge on any atom is -0.341 e. The maximum Gasteiger partial charge on any atom is 0.0797 e. The number of hydrogen-bond acceptors (Lipinski definition) is 2. The van der Waals surface area contributed by atoms with Gasteiger partial charge in [-0.1, -0.05) is 24.3 Å². The van der Waals surface area contributed by atoms with Gasteiger partial charge in [-0.05, 0) is 30.7 Å². The molecule has 0 N–H and O–H groups in total. The molecule has 0 aliphatic rings. The highest BCUT2D eigenvalue weighted by Gasteiger charge is 2.10. The second-order valence-corrected chi connectivity index (χ2v) is 5.75. The molecule has 0 atom stereocenters. The van der Waals surface area contributed by atoms with E-state index in [0.717, 1.165) is 6.54 Å². The van der Waals surface area contributed by atoms with Crippen molar-refractivity contribution in [2.75, 3.05) is 0 Å². The Balaban J connectivity index is 2.10. The molecule has 20 heavy (non-hydrogen) atoms. The van der Waals surface area contributed by atoms with Crippen LogP contribution in [-0.4, -0.2) is 9.55 Å². The van der Waals surface area contributed by atoms with Crippen LogP contribution in [0.5, 0.6) is 0 Å². The van der Waals surface area contributed by atoms with E-state index >= 15 is 0 Å². The van der Waals surface area contributed by atoms with Gasteiger partial charge in [0.05, 0.1) is 10.4 Å². The first-order valence-electron chi connectivity index (χ1n) is 6.78. The number of rotatable bonds is 2. The van der Waals surface area contributed by atoms with Crippen LogP contribution in [0.25, 0.3) is 32.2 Å². The first kappa shape index (κ1) is 11.7. The van der Waals surface area contributed by atoms with Crippen molar-refractivity contribution in [2.24, 2.45) is 0 Å². The van der Waals surface area contributed by atoms with E-state index in [2.05, 4.69) is 58.9 Å². The molecule has 2 heterocycles. The van der Waals surface area contributed by atoms with Crippen LogP contribution in [0.3, 0.4) is 0 Å². The van der Waals surface area contributed by atoms with Crippen molar-refractivity contribution in [2.45, 2.75) is 13.5 Å². The smallest absolute Gasteiger partial charge is 0.0797 e. The van der Waals surface area contributed by atoms with E-state index in [-0.39, 0.29) is 0 Å². The van der Waals surface area contributed by atoms with Gasteiger partial charge in [-0.15, -0.1) is 11.3 Å². The van der Waals surface area contributed by atoms with E-state index < -0.39 is 0 Å². The summed E-state index contributed by atoms with van der Waals surface area (Å²) in [5.74, 6) is 0. The lowest BCUT2D eigenvalue weighted by Gasteiger charge is -2.03. The molecular formula is C17H14N2S. The molecule has 0 amide bonds. The van der Waals surface area contributed by atoms with E-state index in [9.17, 15) is 0 Å². The molecule has 3 heteroatoms. The average Bonchev–Trinajstić information content (AvgIpc) is 3.12. The van der Waals surface area contributed by atoms with Crippen LogP contribution < -0.4 is 0 Å². The fourth-order valence-corrected chi connectivity index (χ4v) is 3.53. The second kappa shape index (κ2) is 4.46. The van der Waals surface area contributed by atoms with Crippen LogP contribution in [0.4, 0.5) is 0 Å². The lowest BCUT2D eigenvalue weighted by molar-refractivity contribution is 0.827. The summed E-state index contributed by atoms with van der Waals surface area (Å²) >= 11 is 1.68. The molecule has 2 aromatic heterocycles. The Morgan fingerprint density at radius 1 is 1.05 bits per heavy atom. The first-order chi connectivity index (χ1) is 9.88. The van der Waals surface area contributed by atoms with Crippen molar-refractivity contribution < 1.29 is 0 Å². The Hall–Kier alpha value is -2.13. The normalized spacial score (nSPS) is 11.4. The zero-order valence-corrected chi connectivity index (χ0v) is 12.0. The van der Waals surface area contributed by atoms with Crippen LogP contribution in [0.1, 0.15) is 6.92 Å². The van der Waals surface area contributed by atoms with Gasteiger partial charge in [0.15, 0.2) is 0 Å². The van der Waals surface area contributed by atoms with Gasteiger partial charge in [-0.2, -0.15) is 0 Å². The molecule has 2 nitrogen and oxygen atoms in total. The molecule has 0 spiro atoms. The van der Waals surface area contributed by atoms with Crippen molar-refractivity contribution >= 4 is 33.1 Å². The zero-order chi connectivity index (χ0) is 13.5. The van der Waals surface area contributed by atoms with Gasteiger partial charge in [0.25, 0.3) is 0 Å². The number of aryl methyl sites for hydroxylation is 1. The lowest BCUT2D eigenvalue weighted by atomic mass is 10.1. The van der Waals surface area contributed by atoms with E-state index in [1.54, 1.807) is 11.3 Å². The van der Waals surface area contributed by atoms with Gasteiger partial charge in [-0.3, -0.25) is 4.98 Å². The Morgan fingerprint density at radius 3 is 2.70 bits per heavy atom. The molecular weight excluding hydrogens is 264 g/mol. The average molecular weight is 278 g/mol. The molecule has 0 unspecified atom stereocenters. The molecule has 0 fully saturated rings. The van der Waals surface area contributed by atoms with Crippen molar-refractivity contribution in [1.82, 2.24) is 9.55 Å². The largest absolute Gasteiger partial charge is 0.341 e. The third-order valence-electron chi connectivity index (χ3n) is 3.81.